The Morgan fingerprint density at radius 3 is 2.50 bits per heavy atom. The monoisotopic (exact) mass is 408 g/mol. The number of hydrogen-bond acceptors (Lipinski definition) is 7. The van der Waals surface area contributed by atoms with E-state index in [9.17, 15) is 0 Å². The van der Waals surface area contributed by atoms with Crippen molar-refractivity contribution in [2.24, 2.45) is 11.8 Å². The summed E-state index contributed by atoms with van der Waals surface area (Å²) in [7, 11) is 1.69. The van der Waals surface area contributed by atoms with Crippen LogP contribution in [-0.4, -0.2) is 44.2 Å². The van der Waals surface area contributed by atoms with Crippen molar-refractivity contribution in [1.29, 1.82) is 0 Å². The fourth-order valence-electron chi connectivity index (χ4n) is 4.84. The third kappa shape index (κ3) is 3.92. The molecule has 0 N–H and O–H groups in total. The average molecular weight is 408 g/mol. The molecule has 6 nitrogen and oxygen atoms in total. The van der Waals surface area contributed by atoms with Crippen LogP contribution in [0.1, 0.15) is 59.3 Å². The van der Waals surface area contributed by atoms with E-state index in [4.69, 9.17) is 40.1 Å². The molecule has 8 heteroatoms. The maximum absolute atomic E-state index is 6.22. The highest BCUT2D eigenvalue weighted by Gasteiger charge is 2.63. The van der Waals surface area contributed by atoms with E-state index >= 15 is 0 Å². The molecular weight excluding hydrogens is 375 g/mol. The molecule has 3 aliphatic heterocycles. The average Bonchev–Trinajstić information content (AvgIpc) is 2.85. The number of ether oxygens (including phenoxy) is 2. The lowest BCUT2D eigenvalue weighted by Gasteiger charge is -2.53. The molecular formula is C18H33O6PS. The highest BCUT2D eigenvalue weighted by molar-refractivity contribution is 8.09. The van der Waals surface area contributed by atoms with Gasteiger partial charge >= 0.3 is 0 Å². The molecule has 26 heavy (non-hydrogen) atoms. The van der Waals surface area contributed by atoms with E-state index in [-0.39, 0.29) is 5.92 Å². The van der Waals surface area contributed by atoms with Crippen molar-refractivity contribution in [1.82, 2.24) is 0 Å². The maximum atomic E-state index is 6.22. The van der Waals surface area contributed by atoms with Gasteiger partial charge in [-0.1, -0.05) is 6.42 Å². The Labute approximate surface area is 162 Å². The molecule has 0 aromatic heterocycles. The van der Waals surface area contributed by atoms with Crippen LogP contribution >= 0.6 is 6.49 Å². The first-order valence-corrected chi connectivity index (χ1v) is 12.7. The predicted octanol–water partition coefficient (Wildman–Crippen LogP) is 4.38. The molecule has 1 saturated carbocycles. The van der Waals surface area contributed by atoms with E-state index in [0.29, 0.717) is 19.1 Å². The molecule has 2 bridgehead atoms. The first kappa shape index (κ1) is 21.1. The van der Waals surface area contributed by atoms with Gasteiger partial charge in [-0.25, -0.2) is 9.78 Å². The lowest BCUT2D eigenvalue weighted by molar-refractivity contribution is -0.554. The van der Waals surface area contributed by atoms with Gasteiger partial charge in [0.25, 0.3) is 0 Å². The molecule has 1 aliphatic carbocycles. The zero-order chi connectivity index (χ0) is 18.8. The van der Waals surface area contributed by atoms with Gasteiger partial charge in [-0.2, -0.15) is 0 Å². The SMILES string of the molecule is CCOP(=S)(CC[C@@H]1CCC[C@@H]2CC[C@@]3(C)OO[C@]21[C@@H](OC)O3)OCC. The van der Waals surface area contributed by atoms with Crippen LogP contribution in [0.4, 0.5) is 0 Å². The van der Waals surface area contributed by atoms with Gasteiger partial charge in [0.05, 0.1) is 13.2 Å². The van der Waals surface area contributed by atoms with Crippen LogP contribution < -0.4 is 0 Å². The van der Waals surface area contributed by atoms with Gasteiger partial charge in [0.15, 0.2) is 18.4 Å². The highest BCUT2D eigenvalue weighted by Crippen LogP contribution is 2.57. The molecule has 3 saturated heterocycles. The minimum Gasteiger partial charge on any atom is -0.353 e. The summed E-state index contributed by atoms with van der Waals surface area (Å²) in [6.07, 6.45) is 6.38. The minimum atomic E-state index is -2.26. The summed E-state index contributed by atoms with van der Waals surface area (Å²) in [5.74, 6) is -0.108. The molecule has 3 heterocycles. The molecule has 0 aromatic rings. The summed E-state index contributed by atoms with van der Waals surface area (Å²) < 4.78 is 23.7. The summed E-state index contributed by atoms with van der Waals surface area (Å²) >= 11 is 5.73. The minimum absolute atomic E-state index is 0.247. The summed E-state index contributed by atoms with van der Waals surface area (Å²) in [5.41, 5.74) is -0.568. The van der Waals surface area contributed by atoms with Crippen molar-refractivity contribution in [3.05, 3.63) is 0 Å². The Morgan fingerprint density at radius 1 is 1.12 bits per heavy atom. The van der Waals surface area contributed by atoms with Gasteiger partial charge in [0.1, 0.15) is 0 Å². The van der Waals surface area contributed by atoms with Crippen LogP contribution in [0.3, 0.4) is 0 Å². The summed E-state index contributed by atoms with van der Waals surface area (Å²) in [5, 5.41) is 0. The molecule has 0 amide bonds. The Morgan fingerprint density at radius 2 is 1.85 bits per heavy atom. The number of methoxy groups -OCH3 is 1. The van der Waals surface area contributed by atoms with E-state index in [1.807, 2.05) is 20.8 Å². The third-order valence-corrected chi connectivity index (χ3v) is 9.32. The largest absolute Gasteiger partial charge is 0.353 e. The lowest BCUT2D eigenvalue weighted by Crippen LogP contribution is -2.63. The molecule has 152 valence electrons. The number of rotatable bonds is 8. The van der Waals surface area contributed by atoms with Crippen LogP contribution in [0.5, 0.6) is 0 Å². The normalized spacial score (nSPS) is 40.2. The van der Waals surface area contributed by atoms with Crippen molar-refractivity contribution >= 4 is 18.3 Å². The highest BCUT2D eigenvalue weighted by atomic mass is 32.5. The van der Waals surface area contributed by atoms with Gasteiger partial charge in [-0.3, -0.25) is 0 Å². The standard InChI is InChI=1S/C18H33O6PS/c1-5-20-25(26,21-6-2)13-11-15-9-7-8-14-10-12-17(3)22-16(19-4)18(14,15)24-23-17/h14-16H,5-13H2,1-4H3/t14-,15+,16+,17-,18-/m1/s1. The van der Waals surface area contributed by atoms with Gasteiger partial charge in [0, 0.05) is 19.7 Å². The van der Waals surface area contributed by atoms with Crippen molar-refractivity contribution in [2.45, 2.75) is 77.0 Å². The Bertz CT molecular complexity index is 524. The van der Waals surface area contributed by atoms with Crippen molar-refractivity contribution in [3.8, 4) is 0 Å². The lowest BCUT2D eigenvalue weighted by atomic mass is 9.65. The third-order valence-electron chi connectivity index (χ3n) is 6.03. The topological polar surface area (TPSA) is 55.4 Å². The molecule has 5 atom stereocenters. The summed E-state index contributed by atoms with van der Waals surface area (Å²) in [6, 6.07) is 0. The molecule has 0 radical (unpaired) electrons. The van der Waals surface area contributed by atoms with Gasteiger partial charge < -0.3 is 18.5 Å². The predicted molar refractivity (Wildman–Crippen MR) is 102 cm³/mol. The van der Waals surface area contributed by atoms with E-state index < -0.39 is 24.2 Å². The first-order chi connectivity index (χ1) is 12.4. The van der Waals surface area contributed by atoms with Crippen molar-refractivity contribution in [3.63, 3.8) is 0 Å². The van der Waals surface area contributed by atoms with E-state index in [1.165, 1.54) is 6.42 Å². The maximum Gasteiger partial charge on any atom is 0.201 e. The molecule has 0 unspecified atom stereocenters. The number of hydrogen-bond donors (Lipinski definition) is 0. The van der Waals surface area contributed by atoms with Crippen LogP contribution in [0, 0.1) is 11.8 Å². The van der Waals surface area contributed by atoms with Gasteiger partial charge in [0.2, 0.25) is 5.79 Å². The summed E-state index contributed by atoms with van der Waals surface area (Å²) in [4.78, 5) is 11.9. The van der Waals surface area contributed by atoms with Crippen molar-refractivity contribution < 1.29 is 28.3 Å². The van der Waals surface area contributed by atoms with Crippen LogP contribution in [0.2, 0.25) is 0 Å². The van der Waals surface area contributed by atoms with Crippen LogP contribution in [-0.2, 0) is 40.1 Å². The number of fused-ring (bicyclic) bond motifs is 3. The van der Waals surface area contributed by atoms with E-state index in [2.05, 4.69) is 0 Å². The van der Waals surface area contributed by atoms with Gasteiger partial charge in [-0.15, -0.1) is 0 Å². The van der Waals surface area contributed by atoms with E-state index in [1.54, 1.807) is 7.11 Å². The Kier molecular flexibility index (Phi) is 6.84. The second-order valence-electron chi connectivity index (χ2n) is 7.66. The zero-order valence-corrected chi connectivity index (χ0v) is 18.1. The molecule has 4 rings (SSSR count). The molecule has 1 spiro atoms. The fourth-order valence-corrected chi connectivity index (χ4v) is 7.53. The fraction of sp³-hybridized carbons (Fsp3) is 1.00. The van der Waals surface area contributed by atoms with Crippen LogP contribution in [0.25, 0.3) is 0 Å². The molecule has 4 aliphatic rings. The Hall–Kier alpha value is 0.410. The van der Waals surface area contributed by atoms with Crippen LogP contribution in [0.15, 0.2) is 0 Å². The van der Waals surface area contributed by atoms with Gasteiger partial charge in [-0.05, 0) is 70.1 Å². The second kappa shape index (κ2) is 8.42. The molecule has 0 aromatic carbocycles. The zero-order valence-electron chi connectivity index (χ0n) is 16.4. The summed E-state index contributed by atoms with van der Waals surface area (Å²) in [6.45, 7) is 4.77. The Balaban J connectivity index is 1.81. The van der Waals surface area contributed by atoms with E-state index in [0.717, 1.165) is 38.3 Å². The van der Waals surface area contributed by atoms with Crippen molar-refractivity contribution in [2.75, 3.05) is 26.5 Å². The quantitative estimate of drug-likeness (QED) is 0.436. The smallest absolute Gasteiger partial charge is 0.201 e. The first-order valence-electron chi connectivity index (χ1n) is 9.87. The molecule has 4 fully saturated rings. The second-order valence-corrected chi connectivity index (χ2v) is 11.5.